The molecule has 2 aromatic rings. The van der Waals surface area contributed by atoms with E-state index in [2.05, 4.69) is 28.3 Å². The lowest BCUT2D eigenvalue weighted by Crippen LogP contribution is -2.13. The second kappa shape index (κ2) is 4.08. The van der Waals surface area contributed by atoms with Crippen molar-refractivity contribution in [1.82, 2.24) is 9.97 Å². The Bertz CT molecular complexity index is 447. The Morgan fingerprint density at radius 2 is 2.07 bits per heavy atom. The third-order valence-corrected chi connectivity index (χ3v) is 3.11. The van der Waals surface area contributed by atoms with Gasteiger partial charge in [0.05, 0.1) is 23.6 Å². The summed E-state index contributed by atoms with van der Waals surface area (Å²) in [5, 5.41) is 2.07. The molecular formula is C11H13N3S. The Morgan fingerprint density at radius 1 is 1.27 bits per heavy atom. The van der Waals surface area contributed by atoms with Crippen molar-refractivity contribution in [2.45, 2.75) is 19.9 Å². The van der Waals surface area contributed by atoms with Crippen molar-refractivity contribution in [2.24, 2.45) is 5.73 Å². The SMILES string of the molecule is Cc1cnc(C(N)c2csc(C)c2)cn1. The van der Waals surface area contributed by atoms with Gasteiger partial charge in [0.1, 0.15) is 0 Å². The van der Waals surface area contributed by atoms with Gasteiger partial charge in [0.25, 0.3) is 0 Å². The van der Waals surface area contributed by atoms with Crippen molar-refractivity contribution in [3.8, 4) is 0 Å². The van der Waals surface area contributed by atoms with E-state index in [0.717, 1.165) is 17.0 Å². The minimum atomic E-state index is -0.164. The second-order valence-corrected chi connectivity index (χ2v) is 4.67. The maximum absolute atomic E-state index is 6.08. The Morgan fingerprint density at radius 3 is 2.60 bits per heavy atom. The molecule has 0 spiro atoms. The molecule has 1 atom stereocenters. The molecule has 0 aromatic carbocycles. The van der Waals surface area contributed by atoms with E-state index >= 15 is 0 Å². The standard InChI is InChI=1S/C11H13N3S/c1-7-4-14-10(5-13-7)11(12)9-3-8(2)15-6-9/h3-6,11H,12H2,1-2H3. The molecule has 3 nitrogen and oxygen atoms in total. The summed E-state index contributed by atoms with van der Waals surface area (Å²) in [6, 6.07) is 1.93. The lowest BCUT2D eigenvalue weighted by atomic mass is 10.1. The Hall–Kier alpha value is -1.26. The molecule has 0 radical (unpaired) electrons. The van der Waals surface area contributed by atoms with Crippen LogP contribution in [0.2, 0.25) is 0 Å². The van der Waals surface area contributed by atoms with Gasteiger partial charge in [-0.3, -0.25) is 9.97 Å². The topological polar surface area (TPSA) is 51.8 Å². The summed E-state index contributed by atoms with van der Waals surface area (Å²) in [5.41, 5.74) is 8.92. The zero-order valence-electron chi connectivity index (χ0n) is 8.77. The van der Waals surface area contributed by atoms with Crippen molar-refractivity contribution in [1.29, 1.82) is 0 Å². The smallest absolute Gasteiger partial charge is 0.0799 e. The summed E-state index contributed by atoms with van der Waals surface area (Å²) in [6.45, 7) is 3.98. The maximum atomic E-state index is 6.08. The first-order chi connectivity index (χ1) is 7.16. The monoisotopic (exact) mass is 219 g/mol. The van der Waals surface area contributed by atoms with E-state index in [9.17, 15) is 0 Å². The highest BCUT2D eigenvalue weighted by Gasteiger charge is 2.11. The van der Waals surface area contributed by atoms with E-state index in [0.29, 0.717) is 0 Å². The zero-order valence-corrected chi connectivity index (χ0v) is 9.58. The molecule has 2 aromatic heterocycles. The van der Waals surface area contributed by atoms with Crippen LogP contribution < -0.4 is 5.73 Å². The lowest BCUT2D eigenvalue weighted by molar-refractivity contribution is 0.816. The second-order valence-electron chi connectivity index (χ2n) is 3.55. The number of hydrogen-bond donors (Lipinski definition) is 1. The van der Waals surface area contributed by atoms with E-state index in [4.69, 9.17) is 5.73 Å². The lowest BCUT2D eigenvalue weighted by Gasteiger charge is -2.08. The normalized spacial score (nSPS) is 12.7. The van der Waals surface area contributed by atoms with Crippen LogP contribution in [-0.2, 0) is 0 Å². The largest absolute Gasteiger partial charge is 0.319 e. The van der Waals surface area contributed by atoms with Crippen LogP contribution in [0.15, 0.2) is 23.8 Å². The molecule has 4 heteroatoms. The van der Waals surface area contributed by atoms with Crippen molar-refractivity contribution < 1.29 is 0 Å². The van der Waals surface area contributed by atoms with Gasteiger partial charge in [-0.05, 0) is 30.9 Å². The van der Waals surface area contributed by atoms with Crippen molar-refractivity contribution >= 4 is 11.3 Å². The number of nitrogens with two attached hydrogens (primary N) is 1. The number of aromatic nitrogens is 2. The number of aryl methyl sites for hydroxylation is 2. The summed E-state index contributed by atoms with van der Waals surface area (Å²) in [5.74, 6) is 0. The molecule has 0 aliphatic rings. The third kappa shape index (κ3) is 2.22. The fourth-order valence-corrected chi connectivity index (χ4v) is 2.10. The van der Waals surface area contributed by atoms with E-state index in [1.54, 1.807) is 23.7 Å². The van der Waals surface area contributed by atoms with Gasteiger partial charge in [-0.15, -0.1) is 11.3 Å². The highest BCUT2D eigenvalue weighted by molar-refractivity contribution is 7.10. The minimum absolute atomic E-state index is 0.164. The Labute approximate surface area is 93.0 Å². The average Bonchev–Trinajstić information content (AvgIpc) is 2.65. The fraction of sp³-hybridized carbons (Fsp3) is 0.273. The van der Waals surface area contributed by atoms with Crippen LogP contribution in [0.5, 0.6) is 0 Å². The van der Waals surface area contributed by atoms with Crippen LogP contribution in [0.4, 0.5) is 0 Å². The summed E-state index contributed by atoms with van der Waals surface area (Å²) >= 11 is 1.70. The Kier molecular flexibility index (Phi) is 2.79. The van der Waals surface area contributed by atoms with Crippen LogP contribution >= 0.6 is 11.3 Å². The van der Waals surface area contributed by atoms with Gasteiger partial charge in [0.2, 0.25) is 0 Å². The minimum Gasteiger partial charge on any atom is -0.319 e. The summed E-state index contributed by atoms with van der Waals surface area (Å²) in [4.78, 5) is 9.74. The molecule has 2 N–H and O–H groups in total. The van der Waals surface area contributed by atoms with Crippen LogP contribution in [0.3, 0.4) is 0 Å². The van der Waals surface area contributed by atoms with Gasteiger partial charge in [-0.25, -0.2) is 0 Å². The molecule has 0 saturated heterocycles. The molecule has 0 saturated carbocycles. The van der Waals surface area contributed by atoms with Crippen molar-refractivity contribution in [3.63, 3.8) is 0 Å². The predicted molar refractivity (Wildman–Crippen MR) is 61.9 cm³/mol. The summed E-state index contributed by atoms with van der Waals surface area (Å²) < 4.78 is 0. The van der Waals surface area contributed by atoms with Crippen LogP contribution in [-0.4, -0.2) is 9.97 Å². The Balaban J connectivity index is 2.28. The molecule has 0 aliphatic carbocycles. The first kappa shape index (κ1) is 10.3. The zero-order chi connectivity index (χ0) is 10.8. The number of nitrogens with zero attached hydrogens (tertiary/aromatic N) is 2. The van der Waals surface area contributed by atoms with Gasteiger partial charge in [-0.2, -0.15) is 0 Å². The number of hydrogen-bond acceptors (Lipinski definition) is 4. The molecule has 2 rings (SSSR count). The van der Waals surface area contributed by atoms with E-state index in [-0.39, 0.29) is 6.04 Å². The van der Waals surface area contributed by atoms with Gasteiger partial charge in [0.15, 0.2) is 0 Å². The molecule has 0 amide bonds. The average molecular weight is 219 g/mol. The fourth-order valence-electron chi connectivity index (χ4n) is 1.36. The van der Waals surface area contributed by atoms with E-state index < -0.39 is 0 Å². The highest BCUT2D eigenvalue weighted by Crippen LogP contribution is 2.22. The first-order valence-corrected chi connectivity index (χ1v) is 5.64. The van der Waals surface area contributed by atoms with Gasteiger partial charge in [0, 0.05) is 11.1 Å². The quantitative estimate of drug-likeness (QED) is 0.842. The molecule has 0 bridgehead atoms. The van der Waals surface area contributed by atoms with E-state index in [1.807, 2.05) is 6.92 Å². The van der Waals surface area contributed by atoms with Gasteiger partial charge in [-0.1, -0.05) is 0 Å². The molecule has 0 fully saturated rings. The molecule has 15 heavy (non-hydrogen) atoms. The van der Waals surface area contributed by atoms with Crippen molar-refractivity contribution in [3.05, 3.63) is 45.7 Å². The maximum Gasteiger partial charge on any atom is 0.0799 e. The molecule has 0 aliphatic heterocycles. The molecule has 78 valence electrons. The van der Waals surface area contributed by atoms with E-state index in [1.165, 1.54) is 4.88 Å². The van der Waals surface area contributed by atoms with Crippen LogP contribution in [0, 0.1) is 13.8 Å². The predicted octanol–water partition coefficient (Wildman–Crippen LogP) is 2.20. The third-order valence-electron chi connectivity index (χ3n) is 2.23. The molecular weight excluding hydrogens is 206 g/mol. The van der Waals surface area contributed by atoms with Crippen LogP contribution in [0.25, 0.3) is 0 Å². The molecule has 1 unspecified atom stereocenters. The van der Waals surface area contributed by atoms with Gasteiger partial charge >= 0.3 is 0 Å². The number of rotatable bonds is 2. The van der Waals surface area contributed by atoms with Crippen LogP contribution in [0.1, 0.15) is 27.9 Å². The molecule has 2 heterocycles. The van der Waals surface area contributed by atoms with Crippen molar-refractivity contribution in [2.75, 3.05) is 0 Å². The number of thiophene rings is 1. The first-order valence-electron chi connectivity index (χ1n) is 4.76. The van der Waals surface area contributed by atoms with Gasteiger partial charge < -0.3 is 5.73 Å². The highest BCUT2D eigenvalue weighted by atomic mass is 32.1. The summed E-state index contributed by atoms with van der Waals surface area (Å²) in [7, 11) is 0. The summed E-state index contributed by atoms with van der Waals surface area (Å²) in [6.07, 6.45) is 3.49.